The van der Waals surface area contributed by atoms with Gasteiger partial charge in [-0.05, 0) is 34.9 Å². The predicted octanol–water partition coefficient (Wildman–Crippen LogP) is 4.72. The van der Waals surface area contributed by atoms with Crippen molar-refractivity contribution < 1.29 is 14.2 Å². The molecule has 0 aliphatic rings. The van der Waals surface area contributed by atoms with Crippen molar-refractivity contribution in [3.63, 3.8) is 0 Å². The Labute approximate surface area is 134 Å². The first kappa shape index (κ1) is 15.1. The predicted molar refractivity (Wildman–Crippen MR) is 88.4 cm³/mol. The quantitative estimate of drug-likeness (QED) is 0.707. The number of halogens is 1. The molecule has 0 spiro atoms. The number of phenols is 1. The van der Waals surface area contributed by atoms with Crippen LogP contribution in [0.2, 0.25) is 0 Å². The summed E-state index contributed by atoms with van der Waals surface area (Å²) in [5, 5.41) is 9.51. The number of hydrogen-bond acceptors (Lipinski definition) is 2. The number of methoxy groups -OCH3 is 1. The van der Waals surface area contributed by atoms with Gasteiger partial charge in [0.25, 0.3) is 0 Å². The summed E-state index contributed by atoms with van der Waals surface area (Å²) < 4.78 is 19.7. The Kier molecular flexibility index (Phi) is 4.29. The molecule has 2 nitrogen and oxygen atoms in total. The Morgan fingerprint density at radius 2 is 1.52 bits per heavy atom. The lowest BCUT2D eigenvalue weighted by atomic mass is 9.85. The van der Waals surface area contributed by atoms with E-state index >= 15 is 0 Å². The van der Waals surface area contributed by atoms with E-state index < -0.39 is 0 Å². The van der Waals surface area contributed by atoms with Crippen molar-refractivity contribution in [2.45, 2.75) is 5.92 Å². The molecular formula is C20H17FO2. The van der Waals surface area contributed by atoms with Crippen LogP contribution in [0.3, 0.4) is 0 Å². The molecule has 0 amide bonds. The van der Waals surface area contributed by atoms with Gasteiger partial charge < -0.3 is 9.84 Å². The van der Waals surface area contributed by atoms with Gasteiger partial charge in [0.2, 0.25) is 0 Å². The second-order valence-corrected chi connectivity index (χ2v) is 5.32. The lowest BCUT2D eigenvalue weighted by Crippen LogP contribution is -2.06. The summed E-state index contributed by atoms with van der Waals surface area (Å²) in [6.45, 7) is 0. The Balaban J connectivity index is 2.14. The van der Waals surface area contributed by atoms with Crippen LogP contribution in [0.5, 0.6) is 11.5 Å². The maximum absolute atomic E-state index is 14.6. The van der Waals surface area contributed by atoms with Crippen LogP contribution in [0.15, 0.2) is 72.8 Å². The van der Waals surface area contributed by atoms with Gasteiger partial charge in [0.15, 0.2) is 0 Å². The van der Waals surface area contributed by atoms with Crippen LogP contribution in [0.4, 0.5) is 4.39 Å². The van der Waals surface area contributed by atoms with Crippen LogP contribution < -0.4 is 4.74 Å². The fourth-order valence-electron chi connectivity index (χ4n) is 2.73. The first-order valence-electron chi connectivity index (χ1n) is 7.36. The van der Waals surface area contributed by atoms with Gasteiger partial charge in [-0.15, -0.1) is 0 Å². The van der Waals surface area contributed by atoms with Gasteiger partial charge in [-0.2, -0.15) is 0 Å². The van der Waals surface area contributed by atoms with Crippen molar-refractivity contribution in [2.75, 3.05) is 7.11 Å². The van der Waals surface area contributed by atoms with E-state index in [0.29, 0.717) is 11.3 Å². The zero-order valence-electron chi connectivity index (χ0n) is 12.7. The Bertz CT molecular complexity index is 782. The molecule has 1 N–H and O–H groups in total. The van der Waals surface area contributed by atoms with E-state index in [1.807, 2.05) is 42.5 Å². The molecule has 0 bridgehead atoms. The maximum Gasteiger partial charge on any atom is 0.131 e. The number of hydrogen-bond donors (Lipinski definition) is 1. The molecule has 23 heavy (non-hydrogen) atoms. The molecule has 0 aliphatic carbocycles. The van der Waals surface area contributed by atoms with Gasteiger partial charge >= 0.3 is 0 Å². The standard InChI is InChI=1S/C20H17FO2/c1-23-17-11-12-18(19(21)13-17)20(14-5-3-2-4-6-14)15-7-9-16(22)10-8-15/h2-13,20,22H,1H3. The molecule has 1 atom stereocenters. The normalized spacial score (nSPS) is 11.9. The van der Waals surface area contributed by atoms with E-state index in [4.69, 9.17) is 4.74 Å². The average molecular weight is 308 g/mol. The number of aromatic hydroxyl groups is 1. The molecule has 116 valence electrons. The van der Waals surface area contributed by atoms with Gasteiger partial charge in [-0.25, -0.2) is 4.39 Å². The summed E-state index contributed by atoms with van der Waals surface area (Å²) in [6.07, 6.45) is 0. The number of rotatable bonds is 4. The molecule has 0 radical (unpaired) electrons. The lowest BCUT2D eigenvalue weighted by molar-refractivity contribution is 0.410. The van der Waals surface area contributed by atoms with Crippen LogP contribution in [0.25, 0.3) is 0 Å². The largest absolute Gasteiger partial charge is 0.508 e. The third kappa shape index (κ3) is 3.19. The molecule has 0 heterocycles. The monoisotopic (exact) mass is 308 g/mol. The van der Waals surface area contributed by atoms with Crippen molar-refractivity contribution in [3.05, 3.63) is 95.3 Å². The minimum absolute atomic E-state index is 0.191. The second kappa shape index (κ2) is 6.53. The molecular weight excluding hydrogens is 291 g/mol. The van der Waals surface area contributed by atoms with E-state index in [0.717, 1.165) is 11.1 Å². The highest BCUT2D eigenvalue weighted by Crippen LogP contribution is 2.35. The number of benzene rings is 3. The molecule has 3 aromatic rings. The third-order valence-electron chi connectivity index (χ3n) is 3.88. The van der Waals surface area contributed by atoms with Crippen LogP contribution in [0, 0.1) is 5.82 Å². The fraction of sp³-hybridized carbons (Fsp3) is 0.100. The smallest absolute Gasteiger partial charge is 0.131 e. The van der Waals surface area contributed by atoms with E-state index in [2.05, 4.69) is 0 Å². The molecule has 0 aliphatic heterocycles. The van der Waals surface area contributed by atoms with Gasteiger partial charge in [0, 0.05) is 12.0 Å². The van der Waals surface area contributed by atoms with E-state index in [-0.39, 0.29) is 17.5 Å². The zero-order chi connectivity index (χ0) is 16.2. The van der Waals surface area contributed by atoms with E-state index in [9.17, 15) is 9.50 Å². The maximum atomic E-state index is 14.6. The van der Waals surface area contributed by atoms with E-state index in [1.165, 1.54) is 13.2 Å². The van der Waals surface area contributed by atoms with Gasteiger partial charge in [0.05, 0.1) is 7.11 Å². The summed E-state index contributed by atoms with van der Waals surface area (Å²) in [6, 6.07) is 21.5. The summed E-state index contributed by atoms with van der Waals surface area (Å²) >= 11 is 0. The van der Waals surface area contributed by atoms with Crippen molar-refractivity contribution in [2.24, 2.45) is 0 Å². The van der Waals surface area contributed by atoms with Gasteiger partial charge in [-0.1, -0.05) is 48.5 Å². The minimum atomic E-state index is -0.314. The van der Waals surface area contributed by atoms with Gasteiger partial charge in [-0.3, -0.25) is 0 Å². The van der Waals surface area contributed by atoms with Crippen LogP contribution in [-0.4, -0.2) is 12.2 Å². The highest BCUT2D eigenvalue weighted by Gasteiger charge is 2.20. The molecule has 0 saturated carbocycles. The van der Waals surface area contributed by atoms with Crippen molar-refractivity contribution in [3.8, 4) is 11.5 Å². The SMILES string of the molecule is COc1ccc(C(c2ccccc2)c2ccc(O)cc2)c(F)c1. The summed E-state index contributed by atoms with van der Waals surface area (Å²) in [4.78, 5) is 0. The zero-order valence-corrected chi connectivity index (χ0v) is 12.7. The number of ether oxygens (including phenoxy) is 1. The molecule has 3 aromatic carbocycles. The van der Waals surface area contributed by atoms with Crippen molar-refractivity contribution >= 4 is 0 Å². The van der Waals surface area contributed by atoms with E-state index in [1.54, 1.807) is 24.3 Å². The molecule has 0 fully saturated rings. The van der Waals surface area contributed by atoms with Crippen LogP contribution in [-0.2, 0) is 0 Å². The molecule has 3 rings (SSSR count). The van der Waals surface area contributed by atoms with Crippen LogP contribution in [0.1, 0.15) is 22.6 Å². The number of phenolic OH excluding ortho intramolecular Hbond substituents is 1. The van der Waals surface area contributed by atoms with Gasteiger partial charge in [0.1, 0.15) is 17.3 Å². The highest BCUT2D eigenvalue weighted by atomic mass is 19.1. The summed E-state index contributed by atoms with van der Waals surface area (Å²) in [5.74, 6) is 0.119. The Hall–Kier alpha value is -2.81. The first-order chi connectivity index (χ1) is 11.2. The topological polar surface area (TPSA) is 29.5 Å². The second-order valence-electron chi connectivity index (χ2n) is 5.32. The molecule has 0 aromatic heterocycles. The lowest BCUT2D eigenvalue weighted by Gasteiger charge is -2.20. The van der Waals surface area contributed by atoms with Crippen molar-refractivity contribution in [1.29, 1.82) is 0 Å². The molecule has 3 heteroatoms. The Morgan fingerprint density at radius 1 is 0.870 bits per heavy atom. The fourth-order valence-corrected chi connectivity index (χ4v) is 2.73. The molecule has 0 saturated heterocycles. The highest BCUT2D eigenvalue weighted by molar-refractivity contribution is 5.46. The van der Waals surface area contributed by atoms with Crippen LogP contribution >= 0.6 is 0 Å². The summed E-state index contributed by atoms with van der Waals surface area (Å²) in [5.41, 5.74) is 2.48. The third-order valence-corrected chi connectivity index (χ3v) is 3.88. The minimum Gasteiger partial charge on any atom is -0.508 e. The Morgan fingerprint density at radius 3 is 2.13 bits per heavy atom. The summed E-state index contributed by atoms with van der Waals surface area (Å²) in [7, 11) is 1.52. The average Bonchev–Trinajstić information content (AvgIpc) is 2.59. The molecule has 1 unspecified atom stereocenters. The first-order valence-corrected chi connectivity index (χ1v) is 7.36. The van der Waals surface area contributed by atoms with Crippen molar-refractivity contribution in [1.82, 2.24) is 0 Å².